The fourth-order valence-electron chi connectivity index (χ4n) is 2.47. The molecule has 0 fully saturated rings. The minimum Gasteiger partial charge on any atom is -0.333 e. The molecule has 0 aliphatic heterocycles. The summed E-state index contributed by atoms with van der Waals surface area (Å²) in [7, 11) is 0. The van der Waals surface area contributed by atoms with Crippen molar-refractivity contribution in [1.82, 2.24) is 19.9 Å². The Morgan fingerprint density at radius 2 is 2.05 bits per heavy atom. The summed E-state index contributed by atoms with van der Waals surface area (Å²) in [5, 5.41) is 4.55. The molecule has 0 spiro atoms. The molecule has 0 bridgehead atoms. The summed E-state index contributed by atoms with van der Waals surface area (Å²) in [5.41, 5.74) is 3.37. The molecule has 0 atom stereocenters. The first kappa shape index (κ1) is 13.8. The van der Waals surface area contributed by atoms with Crippen molar-refractivity contribution in [3.05, 3.63) is 60.3 Å². The van der Waals surface area contributed by atoms with Crippen LogP contribution in [0.1, 0.15) is 24.6 Å². The van der Waals surface area contributed by atoms with Crippen LogP contribution in [-0.2, 0) is 13.1 Å². The van der Waals surface area contributed by atoms with Crippen molar-refractivity contribution >= 4 is 10.9 Å². The van der Waals surface area contributed by atoms with E-state index in [9.17, 15) is 0 Å². The van der Waals surface area contributed by atoms with E-state index in [1.54, 1.807) is 0 Å². The molecule has 0 unspecified atom stereocenters. The van der Waals surface area contributed by atoms with Gasteiger partial charge in [0.1, 0.15) is 0 Å². The standard InChI is InChI=1S/C17H20N4/c1-2-8-18-10-16-12-21(13-20-16)11-15-6-3-5-14-7-4-9-19-17(14)15/h3-7,9,12-13,18H,2,8,10-11H2,1H3. The zero-order valence-electron chi connectivity index (χ0n) is 12.3. The van der Waals surface area contributed by atoms with Gasteiger partial charge in [-0.2, -0.15) is 0 Å². The van der Waals surface area contributed by atoms with E-state index in [2.05, 4.69) is 57.2 Å². The quantitative estimate of drug-likeness (QED) is 0.706. The first-order chi connectivity index (χ1) is 10.4. The monoisotopic (exact) mass is 280 g/mol. The first-order valence-corrected chi connectivity index (χ1v) is 7.41. The maximum absolute atomic E-state index is 4.50. The summed E-state index contributed by atoms with van der Waals surface area (Å²) in [5.74, 6) is 0. The number of nitrogens with one attached hydrogen (secondary N) is 1. The van der Waals surface area contributed by atoms with Gasteiger partial charge in [-0.25, -0.2) is 4.98 Å². The van der Waals surface area contributed by atoms with Crippen LogP contribution < -0.4 is 5.32 Å². The van der Waals surface area contributed by atoms with Crippen LogP contribution in [0.4, 0.5) is 0 Å². The van der Waals surface area contributed by atoms with E-state index in [-0.39, 0.29) is 0 Å². The third kappa shape index (κ3) is 3.28. The molecule has 0 aliphatic rings. The Bertz CT molecular complexity index is 712. The summed E-state index contributed by atoms with van der Waals surface area (Å²) < 4.78 is 2.12. The third-order valence-electron chi connectivity index (χ3n) is 3.49. The van der Waals surface area contributed by atoms with Gasteiger partial charge in [-0.1, -0.05) is 31.2 Å². The van der Waals surface area contributed by atoms with Crippen molar-refractivity contribution < 1.29 is 0 Å². The normalized spacial score (nSPS) is 11.1. The molecule has 0 amide bonds. The predicted octanol–water partition coefficient (Wildman–Crippen LogP) is 2.98. The van der Waals surface area contributed by atoms with Crippen molar-refractivity contribution in [3.63, 3.8) is 0 Å². The minimum absolute atomic E-state index is 0.801. The summed E-state index contributed by atoms with van der Waals surface area (Å²) in [6.45, 7) is 4.82. The molecule has 2 aromatic heterocycles. The molecule has 0 radical (unpaired) electrons. The Morgan fingerprint density at radius 1 is 1.14 bits per heavy atom. The topological polar surface area (TPSA) is 42.7 Å². The Kier molecular flexibility index (Phi) is 4.26. The van der Waals surface area contributed by atoms with Crippen molar-refractivity contribution in [2.75, 3.05) is 6.54 Å². The van der Waals surface area contributed by atoms with Gasteiger partial charge >= 0.3 is 0 Å². The molecule has 1 aromatic carbocycles. The Morgan fingerprint density at radius 3 is 2.95 bits per heavy atom. The van der Waals surface area contributed by atoms with E-state index in [0.29, 0.717) is 0 Å². The maximum atomic E-state index is 4.50. The molecule has 4 heteroatoms. The van der Waals surface area contributed by atoms with Gasteiger partial charge in [-0.3, -0.25) is 4.98 Å². The van der Waals surface area contributed by atoms with Gasteiger partial charge in [0, 0.05) is 24.3 Å². The number of para-hydroxylation sites is 1. The number of pyridine rings is 1. The van der Waals surface area contributed by atoms with E-state index in [1.165, 1.54) is 10.9 Å². The van der Waals surface area contributed by atoms with Crippen LogP contribution in [0.5, 0.6) is 0 Å². The molecule has 0 saturated heterocycles. The highest BCUT2D eigenvalue weighted by molar-refractivity contribution is 5.81. The summed E-state index contributed by atoms with van der Waals surface area (Å²) in [4.78, 5) is 8.94. The van der Waals surface area contributed by atoms with Crippen LogP contribution in [0.2, 0.25) is 0 Å². The molecule has 0 aliphatic carbocycles. The number of hydrogen-bond donors (Lipinski definition) is 1. The van der Waals surface area contributed by atoms with Crippen LogP contribution in [-0.4, -0.2) is 21.1 Å². The van der Waals surface area contributed by atoms with E-state index in [1.807, 2.05) is 18.6 Å². The zero-order chi connectivity index (χ0) is 14.5. The lowest BCUT2D eigenvalue weighted by Crippen LogP contribution is -2.13. The molecule has 108 valence electrons. The van der Waals surface area contributed by atoms with E-state index in [4.69, 9.17) is 0 Å². The Hall–Kier alpha value is -2.20. The fraction of sp³-hybridized carbons (Fsp3) is 0.294. The number of benzene rings is 1. The van der Waals surface area contributed by atoms with Gasteiger partial charge in [0.15, 0.2) is 0 Å². The van der Waals surface area contributed by atoms with Crippen molar-refractivity contribution in [1.29, 1.82) is 0 Å². The van der Waals surface area contributed by atoms with E-state index >= 15 is 0 Å². The average Bonchev–Trinajstić information content (AvgIpc) is 2.96. The zero-order valence-corrected chi connectivity index (χ0v) is 12.3. The summed E-state index contributed by atoms with van der Waals surface area (Å²) >= 11 is 0. The smallest absolute Gasteiger partial charge is 0.0953 e. The van der Waals surface area contributed by atoms with Gasteiger partial charge in [0.2, 0.25) is 0 Å². The molecule has 4 nitrogen and oxygen atoms in total. The summed E-state index contributed by atoms with van der Waals surface area (Å²) in [6.07, 6.45) is 6.98. The molecule has 3 aromatic rings. The summed E-state index contributed by atoms with van der Waals surface area (Å²) in [6, 6.07) is 10.4. The van der Waals surface area contributed by atoms with Gasteiger partial charge in [0.25, 0.3) is 0 Å². The molecule has 21 heavy (non-hydrogen) atoms. The Labute approximate surface area is 124 Å². The second kappa shape index (κ2) is 6.50. The number of hydrogen-bond acceptors (Lipinski definition) is 3. The van der Waals surface area contributed by atoms with Crippen LogP contribution in [0.15, 0.2) is 49.1 Å². The minimum atomic E-state index is 0.801. The second-order valence-corrected chi connectivity index (χ2v) is 5.21. The average molecular weight is 280 g/mol. The van der Waals surface area contributed by atoms with Gasteiger partial charge in [0.05, 0.1) is 24.1 Å². The molecular weight excluding hydrogens is 260 g/mol. The van der Waals surface area contributed by atoms with Crippen molar-refractivity contribution in [3.8, 4) is 0 Å². The molecule has 3 rings (SSSR count). The first-order valence-electron chi connectivity index (χ1n) is 7.41. The van der Waals surface area contributed by atoms with Gasteiger partial charge in [-0.15, -0.1) is 0 Å². The predicted molar refractivity (Wildman–Crippen MR) is 85.1 cm³/mol. The van der Waals surface area contributed by atoms with E-state index < -0.39 is 0 Å². The SMILES string of the molecule is CCCNCc1cn(Cc2cccc3cccnc23)cn1. The van der Waals surface area contributed by atoms with Crippen molar-refractivity contribution in [2.24, 2.45) is 0 Å². The van der Waals surface area contributed by atoms with Crippen molar-refractivity contribution in [2.45, 2.75) is 26.4 Å². The molecule has 0 saturated carbocycles. The Balaban J connectivity index is 1.76. The number of aromatic nitrogens is 3. The van der Waals surface area contributed by atoms with Gasteiger partial charge < -0.3 is 9.88 Å². The largest absolute Gasteiger partial charge is 0.333 e. The van der Waals surface area contributed by atoms with E-state index in [0.717, 1.165) is 37.3 Å². The number of nitrogens with zero attached hydrogens (tertiary/aromatic N) is 3. The number of imidazole rings is 1. The maximum Gasteiger partial charge on any atom is 0.0953 e. The fourth-order valence-corrected chi connectivity index (χ4v) is 2.47. The lowest BCUT2D eigenvalue weighted by Gasteiger charge is -2.06. The molecule has 2 heterocycles. The molecule has 1 N–H and O–H groups in total. The van der Waals surface area contributed by atoms with Crippen LogP contribution >= 0.6 is 0 Å². The molecular formula is C17H20N4. The number of rotatable bonds is 6. The highest BCUT2D eigenvalue weighted by Gasteiger charge is 2.04. The lowest BCUT2D eigenvalue weighted by atomic mass is 10.1. The van der Waals surface area contributed by atoms with Crippen LogP contribution in [0, 0.1) is 0 Å². The van der Waals surface area contributed by atoms with Gasteiger partial charge in [-0.05, 0) is 24.6 Å². The number of fused-ring (bicyclic) bond motifs is 1. The van der Waals surface area contributed by atoms with Crippen LogP contribution in [0.25, 0.3) is 10.9 Å². The highest BCUT2D eigenvalue weighted by atomic mass is 15.0. The van der Waals surface area contributed by atoms with Crippen LogP contribution in [0.3, 0.4) is 0 Å². The highest BCUT2D eigenvalue weighted by Crippen LogP contribution is 2.17. The second-order valence-electron chi connectivity index (χ2n) is 5.21. The lowest BCUT2D eigenvalue weighted by molar-refractivity contribution is 0.665. The third-order valence-corrected chi connectivity index (χ3v) is 3.49.